The molecular weight excluding hydrogens is 338 g/mol. The molecule has 0 bridgehead atoms. The van der Waals surface area contributed by atoms with Crippen molar-refractivity contribution in [3.63, 3.8) is 0 Å². The Kier molecular flexibility index (Phi) is 5.25. The first-order valence-corrected chi connectivity index (χ1v) is 9.83. The van der Waals surface area contributed by atoms with Crippen molar-refractivity contribution in [1.82, 2.24) is 0 Å². The van der Waals surface area contributed by atoms with Gasteiger partial charge in [0.25, 0.3) is 0 Å². The zero-order valence-electron chi connectivity index (χ0n) is 16.4. The fraction of sp³-hybridized carbons (Fsp3) is 0.111. The van der Waals surface area contributed by atoms with Gasteiger partial charge in [0.1, 0.15) is 0 Å². The number of para-hydroxylation sites is 1. The third-order valence-corrected chi connectivity index (χ3v) is 5.00. The third-order valence-electron chi connectivity index (χ3n) is 5.00. The van der Waals surface area contributed by atoms with Crippen molar-refractivity contribution in [2.75, 3.05) is 4.90 Å². The van der Waals surface area contributed by atoms with Crippen LogP contribution in [0.2, 0.25) is 0 Å². The highest BCUT2D eigenvalue weighted by Crippen LogP contribution is 2.39. The number of anilines is 2. The Morgan fingerprint density at radius 2 is 1.07 bits per heavy atom. The predicted octanol–water partition coefficient (Wildman–Crippen LogP) is 7.57. The number of benzene rings is 4. The van der Waals surface area contributed by atoms with Crippen molar-refractivity contribution in [2.45, 2.75) is 19.9 Å². The first kappa shape index (κ1) is 18.1. The molecule has 4 rings (SSSR count). The summed E-state index contributed by atoms with van der Waals surface area (Å²) in [5.74, 6) is 0. The molecule has 0 unspecified atom stereocenters. The molecule has 0 aromatic heterocycles. The van der Waals surface area contributed by atoms with E-state index in [2.05, 4.69) is 128 Å². The first-order valence-electron chi connectivity index (χ1n) is 9.83. The molecule has 1 nitrogen and oxygen atoms in total. The summed E-state index contributed by atoms with van der Waals surface area (Å²) >= 11 is 0. The number of nitrogens with zero attached hydrogens (tertiary/aromatic N) is 1. The van der Waals surface area contributed by atoms with E-state index >= 15 is 0 Å². The molecule has 0 aliphatic heterocycles. The average Bonchev–Trinajstić information content (AvgIpc) is 2.76. The zero-order chi connectivity index (χ0) is 19.3. The van der Waals surface area contributed by atoms with Gasteiger partial charge in [-0.1, -0.05) is 84.9 Å². The first-order chi connectivity index (χ1) is 13.7. The van der Waals surface area contributed by atoms with Crippen LogP contribution in [0.5, 0.6) is 0 Å². The van der Waals surface area contributed by atoms with Crippen LogP contribution in [0, 0.1) is 0 Å². The van der Waals surface area contributed by atoms with E-state index in [0.29, 0.717) is 6.04 Å². The SMILES string of the molecule is CC(C)N(c1ccccc1)c1ccc(-c2ccccc2)cc1-c1ccccc1. The van der Waals surface area contributed by atoms with Crippen LogP contribution < -0.4 is 4.90 Å². The minimum Gasteiger partial charge on any atom is -0.338 e. The van der Waals surface area contributed by atoms with Gasteiger partial charge in [-0.25, -0.2) is 0 Å². The molecule has 0 fully saturated rings. The average molecular weight is 364 g/mol. The standard InChI is InChI=1S/C27H25N/c1-21(2)28(25-16-10-5-11-17-25)27-19-18-24(22-12-6-3-7-13-22)20-26(27)23-14-8-4-9-15-23/h3-21H,1-2H3. The largest absolute Gasteiger partial charge is 0.338 e. The molecule has 0 N–H and O–H groups in total. The Labute approximate surface area is 167 Å². The summed E-state index contributed by atoms with van der Waals surface area (Å²) < 4.78 is 0. The van der Waals surface area contributed by atoms with Gasteiger partial charge < -0.3 is 4.90 Å². The van der Waals surface area contributed by atoms with Crippen LogP contribution in [0.1, 0.15) is 13.8 Å². The molecule has 0 saturated heterocycles. The highest BCUT2D eigenvalue weighted by Gasteiger charge is 2.18. The predicted molar refractivity (Wildman–Crippen MR) is 121 cm³/mol. The van der Waals surface area contributed by atoms with Crippen LogP contribution in [0.25, 0.3) is 22.3 Å². The molecule has 4 aromatic rings. The Hall–Kier alpha value is -3.32. The van der Waals surface area contributed by atoms with Gasteiger partial charge in [0.05, 0.1) is 0 Å². The molecule has 0 atom stereocenters. The van der Waals surface area contributed by atoms with Crippen LogP contribution in [0.3, 0.4) is 0 Å². The van der Waals surface area contributed by atoms with E-state index in [4.69, 9.17) is 0 Å². The second kappa shape index (κ2) is 8.14. The van der Waals surface area contributed by atoms with Crippen LogP contribution >= 0.6 is 0 Å². The molecule has 1 heteroatoms. The van der Waals surface area contributed by atoms with Gasteiger partial charge in [-0.2, -0.15) is 0 Å². The fourth-order valence-electron chi connectivity index (χ4n) is 3.71. The molecule has 0 amide bonds. The van der Waals surface area contributed by atoms with E-state index < -0.39 is 0 Å². The monoisotopic (exact) mass is 363 g/mol. The smallest absolute Gasteiger partial charge is 0.0493 e. The van der Waals surface area contributed by atoms with Gasteiger partial charge in [0.15, 0.2) is 0 Å². The molecule has 0 saturated carbocycles. The lowest BCUT2D eigenvalue weighted by Crippen LogP contribution is -2.25. The Bertz CT molecular complexity index is 1020. The molecule has 0 spiro atoms. The van der Waals surface area contributed by atoms with Gasteiger partial charge in [-0.05, 0) is 54.8 Å². The minimum atomic E-state index is 0.340. The lowest BCUT2D eigenvalue weighted by atomic mass is 9.96. The second-order valence-corrected chi connectivity index (χ2v) is 7.26. The van der Waals surface area contributed by atoms with E-state index in [0.717, 1.165) is 0 Å². The Morgan fingerprint density at radius 1 is 0.536 bits per heavy atom. The third kappa shape index (κ3) is 3.70. The second-order valence-electron chi connectivity index (χ2n) is 7.26. The van der Waals surface area contributed by atoms with E-state index in [1.54, 1.807) is 0 Å². The highest BCUT2D eigenvalue weighted by atomic mass is 15.2. The van der Waals surface area contributed by atoms with E-state index in [1.807, 2.05) is 0 Å². The highest BCUT2D eigenvalue weighted by molar-refractivity contribution is 5.86. The summed E-state index contributed by atoms with van der Waals surface area (Å²) in [5, 5.41) is 0. The van der Waals surface area contributed by atoms with E-state index in [9.17, 15) is 0 Å². The lowest BCUT2D eigenvalue weighted by molar-refractivity contribution is 0.789. The molecular formula is C27H25N. The van der Waals surface area contributed by atoms with E-state index in [-0.39, 0.29) is 0 Å². The lowest BCUT2D eigenvalue weighted by Gasteiger charge is -2.31. The molecule has 0 aliphatic rings. The zero-order valence-corrected chi connectivity index (χ0v) is 16.4. The van der Waals surface area contributed by atoms with Gasteiger partial charge in [-0.3, -0.25) is 0 Å². The summed E-state index contributed by atoms with van der Waals surface area (Å²) in [5.41, 5.74) is 7.40. The van der Waals surface area contributed by atoms with Gasteiger partial charge in [-0.15, -0.1) is 0 Å². The molecule has 28 heavy (non-hydrogen) atoms. The van der Waals surface area contributed by atoms with E-state index in [1.165, 1.54) is 33.6 Å². The summed E-state index contributed by atoms with van der Waals surface area (Å²) in [6.45, 7) is 4.49. The van der Waals surface area contributed by atoms with Crippen LogP contribution in [-0.4, -0.2) is 6.04 Å². The Balaban J connectivity index is 1.91. The maximum absolute atomic E-state index is 2.41. The van der Waals surface area contributed by atoms with Crippen molar-refractivity contribution >= 4 is 11.4 Å². The van der Waals surface area contributed by atoms with Crippen LogP contribution in [0.4, 0.5) is 11.4 Å². The number of rotatable bonds is 5. The van der Waals surface area contributed by atoms with Crippen molar-refractivity contribution in [3.05, 3.63) is 109 Å². The summed E-state index contributed by atoms with van der Waals surface area (Å²) in [7, 11) is 0. The number of hydrogen-bond acceptors (Lipinski definition) is 1. The molecule has 0 aliphatic carbocycles. The van der Waals surface area contributed by atoms with Crippen molar-refractivity contribution in [3.8, 4) is 22.3 Å². The quantitative estimate of drug-likeness (QED) is 0.353. The number of hydrogen-bond donors (Lipinski definition) is 0. The molecule has 4 aromatic carbocycles. The van der Waals surface area contributed by atoms with Crippen molar-refractivity contribution in [2.24, 2.45) is 0 Å². The Morgan fingerprint density at radius 3 is 1.64 bits per heavy atom. The molecule has 138 valence electrons. The normalized spacial score (nSPS) is 10.8. The molecule has 0 radical (unpaired) electrons. The van der Waals surface area contributed by atoms with Crippen molar-refractivity contribution < 1.29 is 0 Å². The molecule has 0 heterocycles. The van der Waals surface area contributed by atoms with Gasteiger partial charge in [0.2, 0.25) is 0 Å². The fourth-order valence-corrected chi connectivity index (χ4v) is 3.71. The maximum Gasteiger partial charge on any atom is 0.0493 e. The van der Waals surface area contributed by atoms with Gasteiger partial charge in [0, 0.05) is 23.0 Å². The van der Waals surface area contributed by atoms with Crippen LogP contribution in [-0.2, 0) is 0 Å². The summed E-state index contributed by atoms with van der Waals surface area (Å²) in [6.07, 6.45) is 0. The maximum atomic E-state index is 2.41. The van der Waals surface area contributed by atoms with Gasteiger partial charge >= 0.3 is 0 Å². The summed E-state index contributed by atoms with van der Waals surface area (Å²) in [6, 6.07) is 39.0. The summed E-state index contributed by atoms with van der Waals surface area (Å²) in [4.78, 5) is 2.41. The van der Waals surface area contributed by atoms with Crippen molar-refractivity contribution in [1.29, 1.82) is 0 Å². The topological polar surface area (TPSA) is 3.24 Å². The van der Waals surface area contributed by atoms with Crippen LogP contribution in [0.15, 0.2) is 109 Å². The minimum absolute atomic E-state index is 0.340.